The smallest absolute Gasteiger partial charge is 0.338 e. The molecule has 2 aliphatic heterocycles. The van der Waals surface area contributed by atoms with Gasteiger partial charge in [-0.2, -0.15) is 0 Å². The average Bonchev–Trinajstić information content (AvgIpc) is 2.73. The van der Waals surface area contributed by atoms with E-state index < -0.39 is 18.0 Å². The number of methoxy groups -OCH3 is 1. The van der Waals surface area contributed by atoms with Gasteiger partial charge in [0, 0.05) is 23.8 Å². The van der Waals surface area contributed by atoms with E-state index in [1.54, 1.807) is 31.2 Å². The summed E-state index contributed by atoms with van der Waals surface area (Å²) < 4.78 is 10.2. The number of likely N-dealkylation sites (tertiary alicyclic amines) is 1. The summed E-state index contributed by atoms with van der Waals surface area (Å²) >= 11 is 6.11. The van der Waals surface area contributed by atoms with Crippen molar-refractivity contribution in [3.63, 3.8) is 0 Å². The Hall–Kier alpha value is -2.58. The molecule has 2 aliphatic rings. The molecule has 162 valence electrons. The molecular weight excluding hydrogens is 410 g/mol. The van der Waals surface area contributed by atoms with Crippen LogP contribution >= 0.6 is 11.6 Å². The Morgan fingerprint density at radius 3 is 2.83 bits per heavy atom. The first-order valence-corrected chi connectivity index (χ1v) is 10.3. The summed E-state index contributed by atoms with van der Waals surface area (Å²) in [5.74, 6) is -0.973. The van der Waals surface area contributed by atoms with Gasteiger partial charge in [-0.25, -0.2) is 9.59 Å². The van der Waals surface area contributed by atoms with E-state index in [0.717, 1.165) is 19.4 Å². The van der Waals surface area contributed by atoms with Crippen LogP contribution in [-0.2, 0) is 19.1 Å². The lowest BCUT2D eigenvalue weighted by atomic mass is 9.94. The standard InChI is InChI=1S/C21H26ClN3O5/c1-3-30-19(26)14-7-5-9-25(11-14)12-16-17(20(27)29-2)18(24-21(28)23-16)13-6-4-8-15(22)10-13/h4,6,8,10,14,18H,3,5,7,9,11-12H2,1-2H3,(H2,23,24,28)/t14-,18+/m0/s1. The lowest BCUT2D eigenvalue weighted by Crippen LogP contribution is -2.49. The summed E-state index contributed by atoms with van der Waals surface area (Å²) in [6.45, 7) is 3.69. The number of carbonyl (C=O) groups is 3. The fraction of sp³-hybridized carbons (Fsp3) is 0.476. The van der Waals surface area contributed by atoms with Crippen LogP contribution in [0.3, 0.4) is 0 Å². The molecule has 1 fully saturated rings. The third-order valence-electron chi connectivity index (χ3n) is 5.25. The van der Waals surface area contributed by atoms with Crippen LogP contribution in [0.2, 0.25) is 5.02 Å². The Kier molecular flexibility index (Phi) is 7.33. The summed E-state index contributed by atoms with van der Waals surface area (Å²) in [4.78, 5) is 39.2. The maximum Gasteiger partial charge on any atom is 0.338 e. The Morgan fingerprint density at radius 1 is 1.33 bits per heavy atom. The van der Waals surface area contributed by atoms with Crippen LogP contribution in [0.25, 0.3) is 0 Å². The zero-order valence-corrected chi connectivity index (χ0v) is 17.8. The number of nitrogens with zero attached hydrogens (tertiary/aromatic N) is 1. The normalized spacial score (nSPS) is 22.2. The van der Waals surface area contributed by atoms with Crippen molar-refractivity contribution < 1.29 is 23.9 Å². The van der Waals surface area contributed by atoms with Crippen molar-refractivity contribution in [2.75, 3.05) is 33.4 Å². The molecule has 9 heteroatoms. The summed E-state index contributed by atoms with van der Waals surface area (Å²) in [5, 5.41) is 6.03. The maximum absolute atomic E-state index is 12.7. The lowest BCUT2D eigenvalue weighted by molar-refractivity contribution is -0.150. The van der Waals surface area contributed by atoms with Crippen molar-refractivity contribution in [2.45, 2.75) is 25.8 Å². The molecule has 2 amide bonds. The number of urea groups is 1. The Labute approximate surface area is 180 Å². The molecule has 0 spiro atoms. The number of amides is 2. The number of rotatable bonds is 6. The molecule has 1 saturated heterocycles. The predicted molar refractivity (Wildman–Crippen MR) is 111 cm³/mol. The molecule has 0 unspecified atom stereocenters. The fourth-order valence-electron chi connectivity index (χ4n) is 3.91. The predicted octanol–water partition coefficient (Wildman–Crippen LogP) is 2.40. The highest BCUT2D eigenvalue weighted by Gasteiger charge is 2.35. The number of ether oxygens (including phenoxy) is 2. The number of nitrogens with one attached hydrogen (secondary N) is 2. The van der Waals surface area contributed by atoms with E-state index in [0.29, 0.717) is 41.6 Å². The number of hydrogen-bond acceptors (Lipinski definition) is 6. The van der Waals surface area contributed by atoms with Crippen molar-refractivity contribution in [1.29, 1.82) is 0 Å². The van der Waals surface area contributed by atoms with Crippen LogP contribution in [-0.4, -0.2) is 56.2 Å². The fourth-order valence-corrected chi connectivity index (χ4v) is 4.10. The number of halogens is 1. The van der Waals surface area contributed by atoms with Gasteiger partial charge in [0.2, 0.25) is 0 Å². The van der Waals surface area contributed by atoms with Crippen molar-refractivity contribution >= 4 is 29.6 Å². The zero-order chi connectivity index (χ0) is 21.7. The molecule has 2 atom stereocenters. The van der Waals surface area contributed by atoms with E-state index in [-0.39, 0.29) is 11.9 Å². The second-order valence-electron chi connectivity index (χ2n) is 7.30. The Bertz CT molecular complexity index is 857. The minimum atomic E-state index is -0.689. The van der Waals surface area contributed by atoms with Gasteiger partial charge in [-0.05, 0) is 44.0 Å². The molecule has 0 radical (unpaired) electrons. The minimum Gasteiger partial charge on any atom is -0.466 e. The van der Waals surface area contributed by atoms with Gasteiger partial charge in [0.25, 0.3) is 0 Å². The molecule has 0 bridgehead atoms. The van der Waals surface area contributed by atoms with E-state index >= 15 is 0 Å². The number of carbonyl (C=O) groups excluding carboxylic acids is 3. The second-order valence-corrected chi connectivity index (χ2v) is 7.73. The quantitative estimate of drug-likeness (QED) is 0.666. The van der Waals surface area contributed by atoms with Gasteiger partial charge < -0.3 is 20.1 Å². The van der Waals surface area contributed by atoms with Gasteiger partial charge in [-0.1, -0.05) is 23.7 Å². The van der Waals surface area contributed by atoms with Crippen LogP contribution in [0.1, 0.15) is 31.4 Å². The molecule has 0 saturated carbocycles. The minimum absolute atomic E-state index is 0.212. The largest absolute Gasteiger partial charge is 0.466 e. The number of hydrogen-bond donors (Lipinski definition) is 2. The lowest BCUT2D eigenvalue weighted by Gasteiger charge is -2.35. The first kappa shape index (κ1) is 22.1. The van der Waals surface area contributed by atoms with Crippen molar-refractivity contribution in [1.82, 2.24) is 15.5 Å². The van der Waals surface area contributed by atoms with Gasteiger partial charge in [0.05, 0.1) is 31.2 Å². The van der Waals surface area contributed by atoms with Crippen LogP contribution < -0.4 is 10.6 Å². The summed E-state index contributed by atoms with van der Waals surface area (Å²) in [6.07, 6.45) is 1.59. The molecule has 2 heterocycles. The highest BCUT2D eigenvalue weighted by molar-refractivity contribution is 6.30. The number of benzene rings is 1. The summed E-state index contributed by atoms with van der Waals surface area (Å²) in [7, 11) is 1.30. The van der Waals surface area contributed by atoms with E-state index in [4.69, 9.17) is 21.1 Å². The van der Waals surface area contributed by atoms with E-state index in [9.17, 15) is 14.4 Å². The molecule has 1 aromatic rings. The third-order valence-corrected chi connectivity index (χ3v) is 5.48. The molecular formula is C21H26ClN3O5. The highest BCUT2D eigenvalue weighted by atomic mass is 35.5. The van der Waals surface area contributed by atoms with Crippen LogP contribution in [0, 0.1) is 5.92 Å². The van der Waals surface area contributed by atoms with E-state index in [1.165, 1.54) is 7.11 Å². The molecule has 0 aromatic heterocycles. The SMILES string of the molecule is CCOC(=O)[C@H]1CCCN(CC2=C(C(=O)OC)[C@@H](c3cccc(Cl)c3)NC(=O)N2)C1. The molecule has 2 N–H and O–H groups in total. The first-order valence-electron chi connectivity index (χ1n) is 9.96. The number of piperidine rings is 1. The second kappa shape index (κ2) is 9.95. The van der Waals surface area contributed by atoms with Crippen molar-refractivity contribution in [3.05, 3.63) is 46.1 Å². The Balaban J connectivity index is 1.89. The van der Waals surface area contributed by atoms with Crippen LogP contribution in [0.15, 0.2) is 35.5 Å². The third kappa shape index (κ3) is 5.12. The van der Waals surface area contributed by atoms with Gasteiger partial charge in [0.15, 0.2) is 0 Å². The summed E-state index contributed by atoms with van der Waals surface area (Å²) in [6, 6.07) is 5.87. The molecule has 30 heavy (non-hydrogen) atoms. The zero-order valence-electron chi connectivity index (χ0n) is 17.1. The highest BCUT2D eigenvalue weighted by Crippen LogP contribution is 2.30. The maximum atomic E-state index is 12.7. The molecule has 8 nitrogen and oxygen atoms in total. The first-order chi connectivity index (χ1) is 14.4. The van der Waals surface area contributed by atoms with Gasteiger partial charge >= 0.3 is 18.0 Å². The Morgan fingerprint density at radius 2 is 2.13 bits per heavy atom. The van der Waals surface area contributed by atoms with Crippen molar-refractivity contribution in [3.8, 4) is 0 Å². The molecule has 1 aromatic carbocycles. The van der Waals surface area contributed by atoms with Crippen LogP contribution in [0.5, 0.6) is 0 Å². The average molecular weight is 436 g/mol. The monoisotopic (exact) mass is 435 g/mol. The number of esters is 2. The summed E-state index contributed by atoms with van der Waals surface area (Å²) in [5.41, 5.74) is 1.45. The van der Waals surface area contributed by atoms with Gasteiger partial charge in [-0.15, -0.1) is 0 Å². The van der Waals surface area contributed by atoms with E-state index in [1.807, 2.05) is 4.90 Å². The van der Waals surface area contributed by atoms with Gasteiger partial charge in [-0.3, -0.25) is 9.69 Å². The van der Waals surface area contributed by atoms with Crippen LogP contribution in [0.4, 0.5) is 4.79 Å². The topological polar surface area (TPSA) is 97.0 Å². The molecule has 0 aliphatic carbocycles. The van der Waals surface area contributed by atoms with Crippen molar-refractivity contribution in [2.24, 2.45) is 5.92 Å². The molecule has 3 rings (SSSR count). The van der Waals surface area contributed by atoms with E-state index in [2.05, 4.69) is 10.6 Å². The van der Waals surface area contributed by atoms with Gasteiger partial charge in [0.1, 0.15) is 0 Å².